The molecule has 214 valence electrons. The van der Waals surface area contributed by atoms with Crippen molar-refractivity contribution in [2.45, 2.75) is 65.1 Å². The Morgan fingerprint density at radius 2 is 1.82 bits per heavy atom. The van der Waals surface area contributed by atoms with Crippen LogP contribution in [0, 0.1) is 18.7 Å². The Morgan fingerprint density at radius 1 is 1.07 bits per heavy atom. The predicted octanol–water partition coefficient (Wildman–Crippen LogP) is 5.63. The zero-order valence-corrected chi connectivity index (χ0v) is 24.1. The molecule has 4 heterocycles. The van der Waals surface area contributed by atoms with E-state index < -0.39 is 0 Å². The smallest absolute Gasteiger partial charge is 0.321 e. The Hall–Kier alpha value is -3.08. The van der Waals surface area contributed by atoms with E-state index in [1.165, 1.54) is 42.2 Å². The maximum Gasteiger partial charge on any atom is 0.321 e. The number of carbonyl (C=O) groups is 2. The van der Waals surface area contributed by atoms with E-state index in [4.69, 9.17) is 4.42 Å². The molecule has 8 nitrogen and oxygen atoms in total. The van der Waals surface area contributed by atoms with Gasteiger partial charge in [0.15, 0.2) is 10.9 Å². The van der Waals surface area contributed by atoms with Crippen molar-refractivity contribution in [3.05, 3.63) is 69.9 Å². The van der Waals surface area contributed by atoms with Crippen LogP contribution in [-0.4, -0.2) is 58.8 Å². The Bertz CT molecular complexity index is 1310. The molecule has 2 aromatic heterocycles. The number of halogens is 1. The Balaban J connectivity index is 1.07. The third-order valence-corrected chi connectivity index (χ3v) is 8.89. The highest BCUT2D eigenvalue weighted by atomic mass is 32.1. The van der Waals surface area contributed by atoms with Crippen LogP contribution >= 0.6 is 11.3 Å². The molecule has 40 heavy (non-hydrogen) atoms. The van der Waals surface area contributed by atoms with Gasteiger partial charge in [-0.05, 0) is 81.8 Å². The zero-order valence-electron chi connectivity index (χ0n) is 23.2. The van der Waals surface area contributed by atoms with Crippen LogP contribution in [0.1, 0.15) is 64.9 Å². The number of likely N-dealkylation sites (tertiary alicyclic amines) is 2. The summed E-state index contributed by atoms with van der Waals surface area (Å²) in [7, 11) is 0. The molecular weight excluding hydrogens is 529 g/mol. The molecule has 0 bridgehead atoms. The SMILES string of the molecule is CC(=O)c1sc(NC(=O)NC2CCCN(Cc3cc(CN4CCC[C@@H](Cc5ccc(F)cc5)C4)co3)C2)nc1C. The third-order valence-electron chi connectivity index (χ3n) is 7.71. The van der Waals surface area contributed by atoms with Gasteiger partial charge in [-0.15, -0.1) is 0 Å². The van der Waals surface area contributed by atoms with E-state index in [0.717, 1.165) is 57.7 Å². The summed E-state index contributed by atoms with van der Waals surface area (Å²) in [6.45, 7) is 8.68. The van der Waals surface area contributed by atoms with Crippen molar-refractivity contribution < 1.29 is 18.4 Å². The van der Waals surface area contributed by atoms with Gasteiger partial charge in [-0.1, -0.05) is 23.5 Å². The van der Waals surface area contributed by atoms with E-state index in [0.29, 0.717) is 28.2 Å². The Kier molecular flexibility index (Phi) is 9.29. The lowest BCUT2D eigenvalue weighted by Crippen LogP contribution is -2.48. The van der Waals surface area contributed by atoms with Crippen LogP contribution < -0.4 is 10.6 Å². The fourth-order valence-electron chi connectivity index (χ4n) is 5.90. The summed E-state index contributed by atoms with van der Waals surface area (Å²) in [4.78, 5) is 33.9. The van der Waals surface area contributed by atoms with Gasteiger partial charge in [0, 0.05) is 38.2 Å². The Morgan fingerprint density at radius 3 is 2.58 bits per heavy atom. The van der Waals surface area contributed by atoms with E-state index in [1.54, 1.807) is 19.1 Å². The lowest BCUT2D eigenvalue weighted by atomic mass is 9.91. The van der Waals surface area contributed by atoms with Gasteiger partial charge in [-0.25, -0.2) is 14.2 Å². The summed E-state index contributed by atoms with van der Waals surface area (Å²) < 4.78 is 19.2. The Labute approximate surface area is 239 Å². The number of urea groups is 1. The van der Waals surface area contributed by atoms with Gasteiger partial charge in [-0.2, -0.15) is 0 Å². The van der Waals surface area contributed by atoms with Crippen molar-refractivity contribution in [3.8, 4) is 0 Å². The van der Waals surface area contributed by atoms with Crippen molar-refractivity contribution in [1.82, 2.24) is 20.1 Å². The summed E-state index contributed by atoms with van der Waals surface area (Å²) in [5.74, 6) is 1.29. The predicted molar refractivity (Wildman–Crippen MR) is 154 cm³/mol. The number of Topliss-reactive ketones (excluding diaryl/α,β-unsaturated/α-hetero) is 1. The topological polar surface area (TPSA) is 90.7 Å². The maximum atomic E-state index is 13.2. The molecule has 2 fully saturated rings. The molecule has 2 amide bonds. The summed E-state index contributed by atoms with van der Waals surface area (Å²) in [6, 6.07) is 8.79. The number of nitrogens with zero attached hydrogens (tertiary/aromatic N) is 3. The molecule has 2 N–H and O–H groups in total. The lowest BCUT2D eigenvalue weighted by Gasteiger charge is -2.32. The molecule has 0 aliphatic carbocycles. The second-order valence-corrected chi connectivity index (χ2v) is 12.2. The zero-order chi connectivity index (χ0) is 28.1. The largest absolute Gasteiger partial charge is 0.468 e. The summed E-state index contributed by atoms with van der Waals surface area (Å²) >= 11 is 1.20. The molecule has 10 heteroatoms. The number of rotatable bonds is 9. The van der Waals surface area contributed by atoms with Crippen LogP contribution in [0.15, 0.2) is 41.0 Å². The minimum absolute atomic E-state index is 0.0305. The lowest BCUT2D eigenvalue weighted by molar-refractivity contribution is 0.102. The second kappa shape index (κ2) is 13.1. The molecule has 0 saturated carbocycles. The van der Waals surface area contributed by atoms with E-state index in [1.807, 2.05) is 18.4 Å². The fraction of sp³-hybridized carbons (Fsp3) is 0.500. The number of hydrogen-bond donors (Lipinski definition) is 2. The van der Waals surface area contributed by atoms with Gasteiger partial charge in [0.05, 0.1) is 23.4 Å². The number of thiazole rings is 1. The van der Waals surface area contributed by atoms with Crippen molar-refractivity contribution in [2.75, 3.05) is 31.5 Å². The van der Waals surface area contributed by atoms with Gasteiger partial charge in [-0.3, -0.25) is 19.9 Å². The standard InChI is InChI=1S/C30H38FN5O3S/c1-20-28(21(2)37)40-30(32-20)34-29(38)33-26-6-4-12-36(17-26)18-27-14-24(19-39-27)16-35-11-3-5-23(15-35)13-22-7-9-25(31)10-8-22/h7-10,14,19,23,26H,3-6,11-13,15-18H2,1-2H3,(H2,32,33,34,38)/t23-,26?/m0/s1. The van der Waals surface area contributed by atoms with E-state index in [2.05, 4.69) is 31.5 Å². The number of aromatic nitrogens is 1. The molecule has 1 aromatic carbocycles. The molecule has 2 atom stereocenters. The number of benzene rings is 1. The average Bonchev–Trinajstić information content (AvgIpc) is 3.51. The number of ketones is 1. The number of amides is 2. The monoisotopic (exact) mass is 567 g/mol. The highest BCUT2D eigenvalue weighted by molar-refractivity contribution is 7.17. The molecular formula is C30H38FN5O3S. The van der Waals surface area contributed by atoms with Crippen LogP contribution in [0.25, 0.3) is 0 Å². The molecule has 2 saturated heterocycles. The number of nitrogens with one attached hydrogen (secondary N) is 2. The molecule has 0 spiro atoms. The molecule has 2 aliphatic heterocycles. The number of aryl methyl sites for hydroxylation is 1. The van der Waals surface area contributed by atoms with Gasteiger partial charge in [0.1, 0.15) is 11.6 Å². The fourth-order valence-corrected chi connectivity index (χ4v) is 6.75. The van der Waals surface area contributed by atoms with Crippen molar-refractivity contribution in [1.29, 1.82) is 0 Å². The van der Waals surface area contributed by atoms with Crippen molar-refractivity contribution in [2.24, 2.45) is 5.92 Å². The number of carbonyl (C=O) groups excluding carboxylic acids is 2. The van der Waals surface area contributed by atoms with E-state index >= 15 is 0 Å². The maximum absolute atomic E-state index is 13.2. The molecule has 0 radical (unpaired) electrons. The highest BCUT2D eigenvalue weighted by Gasteiger charge is 2.24. The first-order valence-corrected chi connectivity index (χ1v) is 14.9. The van der Waals surface area contributed by atoms with Crippen LogP contribution in [0.4, 0.5) is 14.3 Å². The first-order valence-electron chi connectivity index (χ1n) is 14.1. The molecule has 1 unspecified atom stereocenters. The minimum Gasteiger partial charge on any atom is -0.468 e. The summed E-state index contributed by atoms with van der Waals surface area (Å²) in [6.07, 6.45) is 7.14. The molecule has 2 aliphatic rings. The van der Waals surface area contributed by atoms with Gasteiger partial charge < -0.3 is 9.73 Å². The summed E-state index contributed by atoms with van der Waals surface area (Å²) in [5, 5.41) is 6.27. The minimum atomic E-state index is -0.296. The second-order valence-electron chi connectivity index (χ2n) is 11.2. The van der Waals surface area contributed by atoms with Gasteiger partial charge >= 0.3 is 6.03 Å². The van der Waals surface area contributed by atoms with Gasteiger partial charge in [0.25, 0.3) is 0 Å². The number of hydrogen-bond acceptors (Lipinski definition) is 7. The van der Waals surface area contributed by atoms with E-state index in [9.17, 15) is 14.0 Å². The average molecular weight is 568 g/mol. The first kappa shape index (κ1) is 28.4. The number of anilines is 1. The number of furan rings is 1. The van der Waals surface area contributed by atoms with Crippen LogP contribution in [0.5, 0.6) is 0 Å². The molecule has 5 rings (SSSR count). The van der Waals surface area contributed by atoms with Crippen molar-refractivity contribution >= 4 is 28.3 Å². The molecule has 3 aromatic rings. The van der Waals surface area contributed by atoms with Crippen molar-refractivity contribution in [3.63, 3.8) is 0 Å². The van der Waals surface area contributed by atoms with Crippen LogP contribution in [-0.2, 0) is 19.5 Å². The van der Waals surface area contributed by atoms with Gasteiger partial charge in [0.2, 0.25) is 0 Å². The van der Waals surface area contributed by atoms with Crippen LogP contribution in [0.3, 0.4) is 0 Å². The quantitative estimate of drug-likeness (QED) is 0.326. The normalized spacial score (nSPS) is 20.4. The highest BCUT2D eigenvalue weighted by Crippen LogP contribution is 2.25. The number of piperidine rings is 2. The first-order chi connectivity index (χ1) is 19.3. The van der Waals surface area contributed by atoms with E-state index in [-0.39, 0.29) is 23.7 Å². The van der Waals surface area contributed by atoms with Crippen LogP contribution in [0.2, 0.25) is 0 Å². The summed E-state index contributed by atoms with van der Waals surface area (Å²) in [5.41, 5.74) is 3.03. The third kappa shape index (κ3) is 7.77.